The predicted octanol–water partition coefficient (Wildman–Crippen LogP) is 5.12. The minimum atomic E-state index is 0.188. The Bertz CT molecular complexity index is 862. The second-order valence-electron chi connectivity index (χ2n) is 9.09. The van der Waals surface area contributed by atoms with Gasteiger partial charge in [-0.05, 0) is 48.6 Å². The number of carbonyl (C=O) groups excluding carboxylic acids is 1. The first-order valence-electron chi connectivity index (χ1n) is 12.2. The van der Waals surface area contributed by atoms with Crippen molar-refractivity contribution >= 4 is 17.7 Å². The van der Waals surface area contributed by atoms with Crippen LogP contribution in [-0.4, -0.2) is 47.9 Å². The molecule has 2 aliphatic rings. The molecule has 2 saturated carbocycles. The van der Waals surface area contributed by atoms with E-state index in [1.165, 1.54) is 38.5 Å². The summed E-state index contributed by atoms with van der Waals surface area (Å²) in [7, 11) is 0. The van der Waals surface area contributed by atoms with E-state index in [1.54, 1.807) is 17.8 Å². The van der Waals surface area contributed by atoms with Gasteiger partial charge in [0, 0.05) is 30.3 Å². The van der Waals surface area contributed by atoms with E-state index in [9.17, 15) is 9.90 Å². The van der Waals surface area contributed by atoms with Crippen molar-refractivity contribution < 1.29 is 9.90 Å². The fourth-order valence-corrected chi connectivity index (χ4v) is 5.89. The highest BCUT2D eigenvalue weighted by Gasteiger charge is 2.26. The molecule has 0 aliphatic heterocycles. The molecule has 0 saturated heterocycles. The Morgan fingerprint density at radius 3 is 2.53 bits per heavy atom. The van der Waals surface area contributed by atoms with Crippen molar-refractivity contribution in [1.29, 1.82) is 0 Å². The van der Waals surface area contributed by atoms with Crippen molar-refractivity contribution in [1.82, 2.24) is 25.1 Å². The zero-order chi connectivity index (χ0) is 22.2. The lowest BCUT2D eigenvalue weighted by Gasteiger charge is -2.35. The highest BCUT2D eigenvalue weighted by molar-refractivity contribution is 7.99. The Morgan fingerprint density at radius 2 is 1.78 bits per heavy atom. The molecule has 7 nitrogen and oxygen atoms in total. The Hall–Kier alpha value is -2.09. The molecule has 2 fully saturated rings. The van der Waals surface area contributed by atoms with Crippen molar-refractivity contribution in [2.75, 3.05) is 5.75 Å². The number of hydrogen-bond acceptors (Lipinski definition) is 6. The van der Waals surface area contributed by atoms with Gasteiger partial charge in [0.15, 0.2) is 0 Å². The maximum absolute atomic E-state index is 13.2. The van der Waals surface area contributed by atoms with Crippen LogP contribution in [0.15, 0.2) is 29.4 Å². The third kappa shape index (κ3) is 6.03. The van der Waals surface area contributed by atoms with Crippen LogP contribution in [0.25, 0.3) is 0 Å². The molecule has 2 aliphatic carbocycles. The van der Waals surface area contributed by atoms with Crippen LogP contribution in [0.3, 0.4) is 0 Å². The maximum atomic E-state index is 13.2. The molecule has 4 rings (SSSR count). The van der Waals surface area contributed by atoms with Crippen LogP contribution in [0.4, 0.5) is 0 Å². The second kappa shape index (κ2) is 11.7. The van der Waals surface area contributed by atoms with Gasteiger partial charge in [-0.25, -0.2) is 4.68 Å². The van der Waals surface area contributed by atoms with Crippen LogP contribution in [0.2, 0.25) is 0 Å². The van der Waals surface area contributed by atoms with Crippen LogP contribution < -0.4 is 0 Å². The Labute approximate surface area is 195 Å². The van der Waals surface area contributed by atoms with Gasteiger partial charge in [-0.2, -0.15) is 0 Å². The minimum absolute atomic E-state index is 0.188. The summed E-state index contributed by atoms with van der Waals surface area (Å²) in [5.74, 6) is 1.28. The molecular weight excluding hydrogens is 422 g/mol. The highest BCUT2D eigenvalue weighted by atomic mass is 32.2. The molecule has 8 heteroatoms. The topological polar surface area (TPSA) is 84.1 Å². The van der Waals surface area contributed by atoms with Crippen LogP contribution in [-0.2, 0) is 11.3 Å². The highest BCUT2D eigenvalue weighted by Crippen LogP contribution is 2.31. The number of nitrogens with zero attached hydrogens (tertiary/aromatic N) is 5. The van der Waals surface area contributed by atoms with E-state index in [2.05, 4.69) is 15.5 Å². The number of tetrazole rings is 1. The number of carbonyl (C=O) groups is 1. The van der Waals surface area contributed by atoms with Crippen molar-refractivity contribution in [3.63, 3.8) is 0 Å². The van der Waals surface area contributed by atoms with Crippen molar-refractivity contribution in [2.24, 2.45) is 0 Å². The number of benzene rings is 1. The van der Waals surface area contributed by atoms with Crippen molar-refractivity contribution in [3.8, 4) is 5.75 Å². The first-order chi connectivity index (χ1) is 15.7. The van der Waals surface area contributed by atoms with E-state index >= 15 is 0 Å². The van der Waals surface area contributed by atoms with Gasteiger partial charge in [0.2, 0.25) is 11.1 Å². The van der Waals surface area contributed by atoms with Gasteiger partial charge in [0.05, 0.1) is 6.04 Å². The number of rotatable bonds is 9. The number of hydrogen-bond donors (Lipinski definition) is 1. The molecule has 1 heterocycles. The number of thioether (sulfide) groups is 1. The second-order valence-corrected chi connectivity index (χ2v) is 10.2. The summed E-state index contributed by atoms with van der Waals surface area (Å²) in [6.07, 6.45) is 13.1. The van der Waals surface area contributed by atoms with Gasteiger partial charge in [-0.1, -0.05) is 68.5 Å². The summed E-state index contributed by atoms with van der Waals surface area (Å²) < 4.78 is 2.00. The molecule has 1 amide bonds. The first-order valence-corrected chi connectivity index (χ1v) is 13.2. The third-order valence-corrected chi connectivity index (χ3v) is 7.84. The third-order valence-electron chi connectivity index (χ3n) is 6.82. The van der Waals surface area contributed by atoms with Crippen LogP contribution in [0.5, 0.6) is 5.75 Å². The average molecular weight is 458 g/mol. The van der Waals surface area contributed by atoms with E-state index in [-0.39, 0.29) is 17.7 Å². The smallest absolute Gasteiger partial charge is 0.223 e. The molecule has 0 radical (unpaired) electrons. The maximum Gasteiger partial charge on any atom is 0.223 e. The SMILES string of the molecule is O=C(CCCSc1nnnn1C1CCCCC1)N(Cc1ccccc1O)C1CCCCC1. The molecule has 0 atom stereocenters. The number of aromatic hydroxyl groups is 1. The zero-order valence-electron chi connectivity index (χ0n) is 18.9. The van der Waals surface area contributed by atoms with Crippen molar-refractivity contribution in [2.45, 2.75) is 101 Å². The summed E-state index contributed by atoms with van der Waals surface area (Å²) in [5, 5.41) is 23.5. The zero-order valence-corrected chi connectivity index (χ0v) is 19.7. The average Bonchev–Trinajstić information content (AvgIpc) is 3.31. The molecule has 0 bridgehead atoms. The molecule has 2 aromatic rings. The molecule has 174 valence electrons. The molecule has 1 N–H and O–H groups in total. The number of para-hydroxylation sites is 1. The van der Waals surface area contributed by atoms with Crippen molar-refractivity contribution in [3.05, 3.63) is 29.8 Å². The van der Waals surface area contributed by atoms with E-state index in [1.807, 2.05) is 27.8 Å². The van der Waals surface area contributed by atoms with Gasteiger partial charge >= 0.3 is 0 Å². The molecule has 0 spiro atoms. The summed E-state index contributed by atoms with van der Waals surface area (Å²) in [6.45, 7) is 0.489. The van der Waals surface area contributed by atoms with Gasteiger partial charge in [-0.3, -0.25) is 4.79 Å². The predicted molar refractivity (Wildman–Crippen MR) is 125 cm³/mol. The summed E-state index contributed by atoms with van der Waals surface area (Å²) in [4.78, 5) is 15.2. The molecule has 1 aromatic carbocycles. The van der Waals surface area contributed by atoms with Gasteiger partial charge in [0.1, 0.15) is 5.75 Å². The Balaban J connectivity index is 1.31. The van der Waals surface area contributed by atoms with E-state index in [4.69, 9.17) is 0 Å². The standard InChI is InChI=1S/C24H35N5O2S/c30-22-15-8-7-10-19(22)18-28(20-11-3-1-4-12-20)23(31)16-9-17-32-24-25-26-27-29(24)21-13-5-2-6-14-21/h7-8,10,15,20-21,30H,1-6,9,11-14,16-18H2. The van der Waals surface area contributed by atoms with Crippen LogP contribution in [0.1, 0.15) is 88.7 Å². The lowest BCUT2D eigenvalue weighted by molar-refractivity contribution is -0.135. The van der Waals surface area contributed by atoms with E-state index in [0.717, 1.165) is 48.6 Å². The molecule has 0 unspecified atom stereocenters. The quantitative estimate of drug-likeness (QED) is 0.416. The minimum Gasteiger partial charge on any atom is -0.508 e. The molecule has 32 heavy (non-hydrogen) atoms. The lowest BCUT2D eigenvalue weighted by atomic mass is 9.93. The fourth-order valence-electron chi connectivity index (χ4n) is 5.01. The number of amides is 1. The summed E-state index contributed by atoms with van der Waals surface area (Å²) in [5.41, 5.74) is 0.826. The van der Waals surface area contributed by atoms with Gasteiger partial charge in [-0.15, -0.1) is 5.10 Å². The largest absolute Gasteiger partial charge is 0.508 e. The first kappa shape index (κ1) is 23.1. The molecule has 1 aromatic heterocycles. The lowest BCUT2D eigenvalue weighted by Crippen LogP contribution is -2.40. The van der Waals surface area contributed by atoms with Gasteiger partial charge < -0.3 is 10.0 Å². The summed E-state index contributed by atoms with van der Waals surface area (Å²) >= 11 is 1.66. The number of phenols is 1. The Kier molecular flexibility index (Phi) is 8.42. The van der Waals surface area contributed by atoms with E-state index < -0.39 is 0 Å². The molecular formula is C24H35N5O2S. The fraction of sp³-hybridized carbons (Fsp3) is 0.667. The Morgan fingerprint density at radius 1 is 1.06 bits per heavy atom. The van der Waals surface area contributed by atoms with Crippen LogP contribution >= 0.6 is 11.8 Å². The number of phenolic OH excluding ortho intramolecular Hbond substituents is 1. The number of aromatic nitrogens is 4. The van der Waals surface area contributed by atoms with E-state index in [0.29, 0.717) is 19.0 Å². The monoisotopic (exact) mass is 457 g/mol. The summed E-state index contributed by atoms with van der Waals surface area (Å²) in [6, 6.07) is 8.06. The normalized spacial score (nSPS) is 18.0. The van der Waals surface area contributed by atoms with Crippen LogP contribution in [0, 0.1) is 0 Å². The van der Waals surface area contributed by atoms with Gasteiger partial charge in [0.25, 0.3) is 0 Å².